The van der Waals surface area contributed by atoms with E-state index in [9.17, 15) is 8.42 Å². The van der Waals surface area contributed by atoms with Crippen molar-refractivity contribution >= 4 is 10.2 Å². The van der Waals surface area contributed by atoms with Crippen molar-refractivity contribution in [2.75, 3.05) is 26.7 Å². The molecule has 84 valence electrons. The van der Waals surface area contributed by atoms with E-state index in [1.807, 2.05) is 0 Å². The molecule has 0 radical (unpaired) electrons. The van der Waals surface area contributed by atoms with Crippen molar-refractivity contribution in [3.63, 3.8) is 0 Å². The highest BCUT2D eigenvalue weighted by atomic mass is 32.2. The fraction of sp³-hybridized carbons (Fsp3) is 1.00. The molecule has 2 atom stereocenters. The third kappa shape index (κ3) is 2.64. The highest BCUT2D eigenvalue weighted by molar-refractivity contribution is 7.87. The van der Waals surface area contributed by atoms with Gasteiger partial charge in [0.25, 0.3) is 10.2 Å². The van der Waals surface area contributed by atoms with Crippen LogP contribution >= 0.6 is 0 Å². The van der Waals surface area contributed by atoms with Crippen molar-refractivity contribution in [1.82, 2.24) is 9.03 Å². The zero-order valence-corrected chi connectivity index (χ0v) is 9.12. The lowest BCUT2D eigenvalue weighted by atomic mass is 10.2. The molecule has 1 heterocycles. The van der Waals surface area contributed by atoms with Crippen LogP contribution < -0.4 is 4.72 Å². The Hall–Kier alpha value is -0.210. The molecule has 7 heteroatoms. The Labute approximate surface area is 84.0 Å². The molecule has 0 aromatic heterocycles. The molecule has 1 fully saturated rings. The number of hydrogen-bond acceptors (Lipinski definition) is 4. The molecule has 6 nitrogen and oxygen atoms in total. The highest BCUT2D eigenvalue weighted by Crippen LogP contribution is 2.13. The van der Waals surface area contributed by atoms with Gasteiger partial charge in [0, 0.05) is 20.1 Å². The number of nitrogens with one attached hydrogen (secondary N) is 1. The molecule has 0 aromatic rings. The second-order valence-electron chi connectivity index (χ2n) is 3.28. The molecule has 0 aliphatic carbocycles. The van der Waals surface area contributed by atoms with Crippen molar-refractivity contribution in [3.05, 3.63) is 0 Å². The number of aliphatic hydroxyl groups is 1. The molecule has 0 spiro atoms. The molecule has 0 bridgehead atoms. The zero-order chi connectivity index (χ0) is 10.8. The first-order chi connectivity index (χ1) is 6.49. The molecule has 1 saturated heterocycles. The van der Waals surface area contributed by atoms with Gasteiger partial charge < -0.3 is 9.84 Å². The largest absolute Gasteiger partial charge is 0.394 e. The SMILES string of the molecule is CNS(=O)(=O)N1CC(C)OC(CO)C1. The summed E-state index contributed by atoms with van der Waals surface area (Å²) in [6.45, 7) is 2.13. The van der Waals surface area contributed by atoms with Gasteiger partial charge in [-0.15, -0.1) is 0 Å². The first-order valence-electron chi connectivity index (χ1n) is 4.44. The van der Waals surface area contributed by atoms with Gasteiger partial charge in [0.2, 0.25) is 0 Å². The van der Waals surface area contributed by atoms with Gasteiger partial charge in [0.1, 0.15) is 0 Å². The van der Waals surface area contributed by atoms with Crippen molar-refractivity contribution in [3.8, 4) is 0 Å². The van der Waals surface area contributed by atoms with E-state index in [-0.39, 0.29) is 19.3 Å². The van der Waals surface area contributed by atoms with Crippen LogP contribution in [-0.2, 0) is 14.9 Å². The molecule has 2 unspecified atom stereocenters. The van der Waals surface area contributed by atoms with E-state index in [0.717, 1.165) is 0 Å². The topological polar surface area (TPSA) is 78.9 Å². The average molecular weight is 224 g/mol. The summed E-state index contributed by atoms with van der Waals surface area (Å²) >= 11 is 0. The minimum atomic E-state index is -3.40. The Balaban J connectivity index is 2.71. The van der Waals surface area contributed by atoms with Crippen LogP contribution in [-0.4, -0.2) is 56.8 Å². The fourth-order valence-electron chi connectivity index (χ4n) is 1.43. The van der Waals surface area contributed by atoms with Crippen LogP contribution in [0.25, 0.3) is 0 Å². The summed E-state index contributed by atoms with van der Waals surface area (Å²) in [6.07, 6.45) is -0.620. The van der Waals surface area contributed by atoms with Gasteiger partial charge in [-0.25, -0.2) is 4.72 Å². The minimum Gasteiger partial charge on any atom is -0.394 e. The van der Waals surface area contributed by atoms with Crippen LogP contribution in [0, 0.1) is 0 Å². The molecule has 1 rings (SSSR count). The maximum atomic E-state index is 11.4. The number of nitrogens with zero attached hydrogens (tertiary/aromatic N) is 1. The molecule has 0 aromatic carbocycles. The number of hydrogen-bond donors (Lipinski definition) is 2. The molecular weight excluding hydrogens is 208 g/mol. The standard InChI is InChI=1S/C7H16N2O4S/c1-6-3-9(14(11,12)8-2)4-7(5-10)13-6/h6-8,10H,3-5H2,1-2H3. The summed E-state index contributed by atoms with van der Waals surface area (Å²) in [5.41, 5.74) is 0. The van der Waals surface area contributed by atoms with Crippen molar-refractivity contribution in [1.29, 1.82) is 0 Å². The lowest BCUT2D eigenvalue weighted by Crippen LogP contribution is -2.52. The Morgan fingerprint density at radius 1 is 1.57 bits per heavy atom. The van der Waals surface area contributed by atoms with Crippen molar-refractivity contribution in [2.24, 2.45) is 0 Å². The third-order valence-electron chi connectivity index (χ3n) is 2.09. The maximum Gasteiger partial charge on any atom is 0.279 e. The quantitative estimate of drug-likeness (QED) is 0.613. The van der Waals surface area contributed by atoms with E-state index < -0.39 is 16.3 Å². The van der Waals surface area contributed by atoms with Crippen molar-refractivity contribution in [2.45, 2.75) is 19.1 Å². The molecule has 1 aliphatic rings. The van der Waals surface area contributed by atoms with E-state index in [4.69, 9.17) is 9.84 Å². The van der Waals surface area contributed by atoms with Gasteiger partial charge >= 0.3 is 0 Å². The number of rotatable bonds is 3. The highest BCUT2D eigenvalue weighted by Gasteiger charge is 2.31. The molecule has 2 N–H and O–H groups in total. The summed E-state index contributed by atoms with van der Waals surface area (Å²) < 4.78 is 31.7. The predicted octanol–water partition coefficient (Wildman–Crippen LogP) is -1.47. The summed E-state index contributed by atoms with van der Waals surface area (Å²) in [7, 11) is -2.04. The maximum absolute atomic E-state index is 11.4. The van der Waals surface area contributed by atoms with Gasteiger partial charge in [0.15, 0.2) is 0 Å². The van der Waals surface area contributed by atoms with Crippen LogP contribution in [0.1, 0.15) is 6.92 Å². The van der Waals surface area contributed by atoms with E-state index >= 15 is 0 Å². The van der Waals surface area contributed by atoms with Crippen LogP contribution in [0.4, 0.5) is 0 Å². The Morgan fingerprint density at radius 2 is 2.21 bits per heavy atom. The second-order valence-corrected chi connectivity index (χ2v) is 5.15. The molecular formula is C7H16N2O4S. The van der Waals surface area contributed by atoms with Crippen LogP contribution in [0.5, 0.6) is 0 Å². The lowest BCUT2D eigenvalue weighted by molar-refractivity contribution is -0.0752. The average Bonchev–Trinajstić information content (AvgIpc) is 2.16. The Bertz CT molecular complexity index is 279. The predicted molar refractivity (Wildman–Crippen MR) is 51.0 cm³/mol. The van der Waals surface area contributed by atoms with E-state index in [1.165, 1.54) is 11.4 Å². The van der Waals surface area contributed by atoms with Crippen LogP contribution in [0.3, 0.4) is 0 Å². The van der Waals surface area contributed by atoms with Crippen LogP contribution in [0.15, 0.2) is 0 Å². The first kappa shape index (κ1) is 11.9. The molecule has 0 amide bonds. The van der Waals surface area contributed by atoms with Gasteiger partial charge in [-0.2, -0.15) is 12.7 Å². The first-order valence-corrected chi connectivity index (χ1v) is 5.88. The number of aliphatic hydroxyl groups excluding tert-OH is 1. The molecule has 1 aliphatic heterocycles. The van der Waals surface area contributed by atoms with Gasteiger partial charge in [-0.05, 0) is 6.92 Å². The van der Waals surface area contributed by atoms with Gasteiger partial charge in [-0.1, -0.05) is 0 Å². The van der Waals surface area contributed by atoms with E-state index in [2.05, 4.69) is 4.72 Å². The summed E-state index contributed by atoms with van der Waals surface area (Å²) in [4.78, 5) is 0. The van der Waals surface area contributed by atoms with Crippen LogP contribution in [0.2, 0.25) is 0 Å². The van der Waals surface area contributed by atoms with Gasteiger partial charge in [0.05, 0.1) is 18.8 Å². The molecule has 14 heavy (non-hydrogen) atoms. The summed E-state index contributed by atoms with van der Waals surface area (Å²) in [5.74, 6) is 0. The third-order valence-corrected chi connectivity index (χ3v) is 3.59. The minimum absolute atomic E-state index is 0.167. The monoisotopic (exact) mass is 224 g/mol. The van der Waals surface area contributed by atoms with E-state index in [1.54, 1.807) is 6.92 Å². The Kier molecular flexibility index (Phi) is 3.85. The summed E-state index contributed by atoms with van der Waals surface area (Å²) in [6, 6.07) is 0. The number of morpholine rings is 1. The fourth-order valence-corrected chi connectivity index (χ4v) is 2.46. The van der Waals surface area contributed by atoms with Crippen molar-refractivity contribution < 1.29 is 18.3 Å². The molecule has 0 saturated carbocycles. The Morgan fingerprint density at radius 3 is 2.71 bits per heavy atom. The lowest BCUT2D eigenvalue weighted by Gasteiger charge is -2.34. The normalized spacial score (nSPS) is 30.5. The zero-order valence-electron chi connectivity index (χ0n) is 8.30. The van der Waals surface area contributed by atoms with Gasteiger partial charge in [-0.3, -0.25) is 0 Å². The van der Waals surface area contributed by atoms with E-state index in [0.29, 0.717) is 6.54 Å². The second kappa shape index (κ2) is 4.54. The smallest absolute Gasteiger partial charge is 0.279 e. The summed E-state index contributed by atoms with van der Waals surface area (Å²) in [5, 5.41) is 8.90. The number of ether oxygens (including phenoxy) is 1.